The smallest absolute Gasteiger partial charge is 0.407 e. The standard InChI is InChI=1S/C45H49N5O3/c1-31(46-45(52)53-30-42-40-12-8-6-10-38(40)39-11-7-9-13-41(39)42)44(51)50-28-26-49(27-29-50)37-24-18-34(19-25-37)43(32-14-20-35(21-15-32)47(2)3)33-16-22-36(23-17-33)48(4)5/h6-25,31,42-43H,26-30H2,1-5H3,(H,46,52)/t31-/m0/s1. The highest BCUT2D eigenvalue weighted by Gasteiger charge is 2.30. The van der Waals surface area contributed by atoms with Crippen LogP contribution in [0.25, 0.3) is 11.1 Å². The number of carbonyl (C=O) groups excluding carboxylic acids is 2. The van der Waals surface area contributed by atoms with E-state index in [0.717, 1.165) is 16.8 Å². The number of alkyl carbamates (subject to hydrolysis) is 1. The van der Waals surface area contributed by atoms with Gasteiger partial charge in [0.1, 0.15) is 12.6 Å². The lowest BCUT2D eigenvalue weighted by Gasteiger charge is -2.37. The van der Waals surface area contributed by atoms with E-state index in [1.54, 1.807) is 6.92 Å². The normalized spacial score (nSPS) is 14.4. The van der Waals surface area contributed by atoms with Crippen LogP contribution >= 0.6 is 0 Å². The second kappa shape index (κ2) is 15.5. The summed E-state index contributed by atoms with van der Waals surface area (Å²) in [6.07, 6.45) is -0.577. The van der Waals surface area contributed by atoms with Gasteiger partial charge >= 0.3 is 6.09 Å². The van der Waals surface area contributed by atoms with Crippen molar-refractivity contribution in [3.8, 4) is 11.1 Å². The molecule has 0 spiro atoms. The summed E-state index contributed by atoms with van der Waals surface area (Å²) in [6.45, 7) is 4.53. The molecular formula is C45H49N5O3. The maximum Gasteiger partial charge on any atom is 0.407 e. The van der Waals surface area contributed by atoms with Gasteiger partial charge in [-0.1, -0.05) is 84.9 Å². The van der Waals surface area contributed by atoms with E-state index in [4.69, 9.17) is 4.74 Å². The minimum atomic E-state index is -0.688. The van der Waals surface area contributed by atoms with Crippen molar-refractivity contribution in [2.75, 3.05) is 75.7 Å². The highest BCUT2D eigenvalue weighted by molar-refractivity contribution is 5.85. The van der Waals surface area contributed by atoms with Crippen LogP contribution in [0.4, 0.5) is 21.9 Å². The topological polar surface area (TPSA) is 68.4 Å². The molecule has 2 aliphatic rings. The third-order valence-electron chi connectivity index (χ3n) is 10.7. The number of hydrogen-bond donors (Lipinski definition) is 1. The summed E-state index contributed by atoms with van der Waals surface area (Å²) in [5.74, 6) is -0.0372. The molecule has 1 heterocycles. The van der Waals surface area contributed by atoms with E-state index in [1.807, 2.05) is 29.2 Å². The zero-order valence-corrected chi connectivity index (χ0v) is 31.3. The lowest BCUT2D eigenvalue weighted by atomic mass is 9.85. The molecule has 1 atom stereocenters. The van der Waals surface area contributed by atoms with Crippen LogP contribution in [0, 0.1) is 0 Å². The number of amides is 2. The number of nitrogens with zero attached hydrogens (tertiary/aromatic N) is 4. The number of anilines is 3. The number of fused-ring (bicyclic) bond motifs is 3. The third-order valence-corrected chi connectivity index (χ3v) is 10.7. The molecule has 0 bridgehead atoms. The van der Waals surface area contributed by atoms with Gasteiger partial charge in [0.05, 0.1) is 0 Å². The van der Waals surface area contributed by atoms with Crippen molar-refractivity contribution >= 4 is 29.1 Å². The summed E-state index contributed by atoms with van der Waals surface area (Å²) in [5, 5.41) is 2.78. The number of carbonyl (C=O) groups is 2. The Hall–Kier alpha value is -5.76. The minimum Gasteiger partial charge on any atom is -0.449 e. The molecule has 8 nitrogen and oxygen atoms in total. The van der Waals surface area contributed by atoms with Gasteiger partial charge < -0.3 is 29.7 Å². The molecule has 1 aliphatic heterocycles. The second-order valence-electron chi connectivity index (χ2n) is 14.5. The number of nitrogens with one attached hydrogen (secondary N) is 1. The van der Waals surface area contributed by atoms with Gasteiger partial charge in [-0.25, -0.2) is 4.79 Å². The summed E-state index contributed by atoms with van der Waals surface area (Å²) in [7, 11) is 8.24. The van der Waals surface area contributed by atoms with E-state index < -0.39 is 12.1 Å². The lowest BCUT2D eigenvalue weighted by molar-refractivity contribution is -0.133. The second-order valence-corrected chi connectivity index (χ2v) is 14.5. The summed E-state index contributed by atoms with van der Waals surface area (Å²) in [6, 6.07) is 42.3. The lowest BCUT2D eigenvalue weighted by Crippen LogP contribution is -2.54. The van der Waals surface area contributed by atoms with Crippen LogP contribution in [-0.4, -0.2) is 83.9 Å². The Kier molecular flexibility index (Phi) is 10.4. The Morgan fingerprint density at radius 3 is 1.58 bits per heavy atom. The molecule has 1 aliphatic carbocycles. The van der Waals surface area contributed by atoms with Crippen molar-refractivity contribution in [1.82, 2.24) is 10.2 Å². The number of hydrogen-bond acceptors (Lipinski definition) is 6. The zero-order chi connectivity index (χ0) is 37.1. The fourth-order valence-electron chi connectivity index (χ4n) is 7.72. The average Bonchev–Trinajstić information content (AvgIpc) is 3.51. The molecule has 1 fully saturated rings. The van der Waals surface area contributed by atoms with Gasteiger partial charge in [0.25, 0.3) is 0 Å². The van der Waals surface area contributed by atoms with E-state index in [-0.39, 0.29) is 24.3 Å². The van der Waals surface area contributed by atoms with Crippen LogP contribution in [0.3, 0.4) is 0 Å². The highest BCUT2D eigenvalue weighted by Crippen LogP contribution is 2.44. The van der Waals surface area contributed by atoms with E-state index in [1.165, 1.54) is 39.2 Å². The van der Waals surface area contributed by atoms with E-state index >= 15 is 0 Å². The Balaban J connectivity index is 0.951. The highest BCUT2D eigenvalue weighted by atomic mass is 16.5. The SMILES string of the molecule is C[C@H](NC(=O)OCC1c2ccccc2-c2ccccc21)C(=O)N1CCN(c2ccc(C(c3ccc(N(C)C)cc3)c3ccc(N(C)C)cc3)cc2)CC1. The maximum atomic E-state index is 13.4. The first kappa shape index (κ1) is 35.6. The number of ether oxygens (including phenoxy) is 1. The van der Waals surface area contributed by atoms with Crippen LogP contribution in [-0.2, 0) is 9.53 Å². The summed E-state index contributed by atoms with van der Waals surface area (Å²) < 4.78 is 5.70. The first-order chi connectivity index (χ1) is 25.7. The Morgan fingerprint density at radius 1 is 0.660 bits per heavy atom. The van der Waals surface area contributed by atoms with Crippen LogP contribution < -0.4 is 20.0 Å². The summed E-state index contributed by atoms with van der Waals surface area (Å²) in [4.78, 5) is 34.7. The number of rotatable bonds is 10. The molecule has 2 amide bonds. The largest absolute Gasteiger partial charge is 0.449 e. The van der Waals surface area contributed by atoms with Crippen molar-refractivity contribution in [1.29, 1.82) is 0 Å². The Morgan fingerprint density at radius 2 is 1.11 bits per heavy atom. The van der Waals surface area contributed by atoms with E-state index in [2.05, 4.69) is 145 Å². The van der Waals surface area contributed by atoms with Crippen LogP contribution in [0.15, 0.2) is 121 Å². The molecule has 5 aromatic carbocycles. The molecule has 1 saturated heterocycles. The molecule has 0 radical (unpaired) electrons. The Bertz CT molecular complexity index is 1940. The van der Waals surface area contributed by atoms with E-state index in [9.17, 15) is 9.59 Å². The average molecular weight is 708 g/mol. The van der Waals surface area contributed by atoms with E-state index in [0.29, 0.717) is 26.2 Å². The van der Waals surface area contributed by atoms with Crippen molar-refractivity contribution in [3.05, 3.63) is 149 Å². The molecule has 7 rings (SSSR count). The van der Waals surface area contributed by atoms with Gasteiger partial charge in [-0.2, -0.15) is 0 Å². The van der Waals surface area contributed by atoms with Gasteiger partial charge in [-0.3, -0.25) is 4.79 Å². The summed E-state index contributed by atoms with van der Waals surface area (Å²) >= 11 is 0. The van der Waals surface area contributed by atoms with Crippen LogP contribution in [0.5, 0.6) is 0 Å². The quantitative estimate of drug-likeness (QED) is 0.151. The van der Waals surface area contributed by atoms with Crippen molar-refractivity contribution < 1.29 is 14.3 Å². The molecule has 272 valence electrons. The Labute approximate surface area is 313 Å². The van der Waals surface area contributed by atoms with Crippen molar-refractivity contribution in [3.63, 3.8) is 0 Å². The van der Waals surface area contributed by atoms with Gasteiger partial charge in [0, 0.05) is 83.3 Å². The van der Waals surface area contributed by atoms with Crippen molar-refractivity contribution in [2.24, 2.45) is 0 Å². The number of piperazine rings is 1. The zero-order valence-electron chi connectivity index (χ0n) is 31.3. The molecule has 53 heavy (non-hydrogen) atoms. The fourth-order valence-corrected chi connectivity index (χ4v) is 7.72. The third kappa shape index (κ3) is 7.58. The molecule has 0 aromatic heterocycles. The molecule has 0 saturated carbocycles. The van der Waals surface area contributed by atoms with Gasteiger partial charge in [0.2, 0.25) is 5.91 Å². The van der Waals surface area contributed by atoms with Crippen molar-refractivity contribution in [2.45, 2.75) is 24.8 Å². The molecule has 1 N–H and O–H groups in total. The molecular weight excluding hydrogens is 659 g/mol. The first-order valence-electron chi connectivity index (χ1n) is 18.5. The van der Waals surface area contributed by atoms with Crippen LogP contribution in [0.2, 0.25) is 0 Å². The molecule has 8 heteroatoms. The first-order valence-corrected chi connectivity index (χ1v) is 18.5. The van der Waals surface area contributed by atoms with Gasteiger partial charge in [0.15, 0.2) is 0 Å². The molecule has 5 aromatic rings. The fraction of sp³-hybridized carbons (Fsp3) is 0.289. The predicted octanol–water partition coefficient (Wildman–Crippen LogP) is 7.57. The van der Waals surface area contributed by atoms with Gasteiger partial charge in [-0.05, 0) is 82.3 Å². The molecule has 0 unspecified atom stereocenters. The maximum absolute atomic E-state index is 13.4. The minimum absolute atomic E-state index is 0.0311. The van der Waals surface area contributed by atoms with Crippen LogP contribution in [0.1, 0.15) is 46.6 Å². The predicted molar refractivity (Wildman–Crippen MR) is 215 cm³/mol. The summed E-state index contributed by atoms with van der Waals surface area (Å²) in [5.41, 5.74) is 11.9. The number of benzene rings is 5. The van der Waals surface area contributed by atoms with Gasteiger partial charge in [-0.15, -0.1) is 0 Å². The monoisotopic (exact) mass is 707 g/mol.